The van der Waals surface area contributed by atoms with Crippen LogP contribution in [-0.2, 0) is 23.9 Å². The average molecular weight is 894 g/mol. The number of hydrogen-bond acceptors (Lipinski definition) is 8. The molecular weight excluding hydrogens is 820 g/mol. The number of aliphatic hydroxyl groups is 2. The molecule has 1 aromatic rings. The van der Waals surface area contributed by atoms with Gasteiger partial charge in [0.05, 0.1) is 24.0 Å². The van der Waals surface area contributed by atoms with E-state index in [9.17, 15) is 39.3 Å². The maximum Gasteiger partial charge on any atom is 0.309 e. The van der Waals surface area contributed by atoms with Crippen LogP contribution in [0.5, 0.6) is 0 Å². The van der Waals surface area contributed by atoms with E-state index in [0.717, 1.165) is 56.1 Å². The van der Waals surface area contributed by atoms with E-state index >= 15 is 0 Å². The summed E-state index contributed by atoms with van der Waals surface area (Å²) in [6.45, 7) is 22.6. The molecule has 5 N–H and O–H groups in total. The Morgan fingerprint density at radius 2 is 1.49 bits per heavy atom. The maximum atomic E-state index is 14.3. The predicted octanol–water partition coefficient (Wildman–Crippen LogP) is 8.33. The molecule has 0 spiro atoms. The number of carboxylic acid groups (broad SMARTS) is 1. The number of ether oxygens (including phenoxy) is 1. The maximum absolute atomic E-state index is 14.3. The van der Waals surface area contributed by atoms with Gasteiger partial charge in [0, 0.05) is 34.4 Å². The molecule has 7 rings (SSSR count). The van der Waals surface area contributed by atoms with Crippen LogP contribution >= 0.6 is 11.6 Å². The van der Waals surface area contributed by atoms with Crippen molar-refractivity contribution in [1.82, 2.24) is 10.6 Å². The minimum atomic E-state index is -1.72. The summed E-state index contributed by atoms with van der Waals surface area (Å²) >= 11 is 6.02. The number of Topliss-reactive ketones (excluding diaryl/α,β-unsaturated/α-hetero) is 1. The Bertz CT molecular complexity index is 2080. The average Bonchev–Trinajstić information content (AvgIpc) is 3.50. The van der Waals surface area contributed by atoms with Gasteiger partial charge in [0.15, 0.2) is 5.78 Å². The van der Waals surface area contributed by atoms with Crippen LogP contribution in [0.25, 0.3) is 0 Å². The molecular formula is C51H73ClN2O9. The summed E-state index contributed by atoms with van der Waals surface area (Å²) in [5.41, 5.74) is -1.58. The normalized spacial score (nSPS) is 38.4. The van der Waals surface area contributed by atoms with Gasteiger partial charge in [-0.05, 0) is 147 Å². The fraction of sp³-hybridized carbons (Fsp3) is 0.745. The predicted molar refractivity (Wildman–Crippen MR) is 240 cm³/mol. The fourth-order valence-electron chi connectivity index (χ4n) is 15.1. The second kappa shape index (κ2) is 16.0. The van der Waals surface area contributed by atoms with Crippen LogP contribution in [0, 0.1) is 68.0 Å². The van der Waals surface area contributed by atoms with Crippen molar-refractivity contribution in [2.45, 2.75) is 164 Å². The Morgan fingerprint density at radius 3 is 2.08 bits per heavy atom. The number of carbonyl (C=O) groups is 5. The number of ketones is 1. The van der Waals surface area contributed by atoms with Crippen molar-refractivity contribution >= 4 is 41.1 Å². The van der Waals surface area contributed by atoms with E-state index in [0.29, 0.717) is 29.7 Å². The smallest absolute Gasteiger partial charge is 0.309 e. The van der Waals surface area contributed by atoms with Crippen LogP contribution in [0.3, 0.4) is 0 Å². The third-order valence-electron chi connectivity index (χ3n) is 19.4. The first-order valence-corrected chi connectivity index (χ1v) is 23.9. The van der Waals surface area contributed by atoms with Crippen LogP contribution in [-0.4, -0.2) is 75.3 Å². The number of nitrogens with one attached hydrogen (secondary N) is 2. The Kier molecular flexibility index (Phi) is 12.1. The molecule has 6 aliphatic carbocycles. The van der Waals surface area contributed by atoms with Crippen LogP contribution in [0.1, 0.15) is 151 Å². The van der Waals surface area contributed by atoms with Gasteiger partial charge in [0.1, 0.15) is 11.6 Å². The van der Waals surface area contributed by atoms with Crippen molar-refractivity contribution in [3.05, 3.63) is 46.0 Å². The molecule has 0 aromatic heterocycles. The lowest BCUT2D eigenvalue weighted by atomic mass is 9.33. The molecule has 63 heavy (non-hydrogen) atoms. The van der Waals surface area contributed by atoms with E-state index in [-0.39, 0.29) is 69.9 Å². The summed E-state index contributed by atoms with van der Waals surface area (Å²) < 4.78 is 6.41. The van der Waals surface area contributed by atoms with Crippen LogP contribution in [0.15, 0.2) is 35.4 Å². The number of benzene rings is 1. The van der Waals surface area contributed by atoms with Crippen molar-refractivity contribution in [1.29, 1.82) is 0 Å². The van der Waals surface area contributed by atoms with E-state index in [2.05, 4.69) is 59.1 Å². The number of carboxylic acids is 1. The van der Waals surface area contributed by atoms with Gasteiger partial charge in [-0.25, -0.2) is 0 Å². The number of aliphatic hydroxyl groups excluding tert-OH is 2. The second-order valence-corrected chi connectivity index (χ2v) is 23.6. The Hall–Kier alpha value is -3.28. The van der Waals surface area contributed by atoms with Crippen LogP contribution in [0.4, 0.5) is 0 Å². The molecule has 0 radical (unpaired) electrons. The van der Waals surface area contributed by atoms with Gasteiger partial charge in [-0.1, -0.05) is 79.5 Å². The van der Waals surface area contributed by atoms with Crippen molar-refractivity contribution in [2.24, 2.45) is 68.0 Å². The molecule has 0 aliphatic heterocycles. The lowest BCUT2D eigenvalue weighted by Gasteiger charge is -2.72. The van der Waals surface area contributed by atoms with E-state index < -0.39 is 58.2 Å². The molecule has 0 saturated heterocycles. The van der Waals surface area contributed by atoms with Crippen molar-refractivity contribution in [3.63, 3.8) is 0 Å². The first-order valence-electron chi connectivity index (χ1n) is 23.6. The van der Waals surface area contributed by atoms with Gasteiger partial charge in [-0.15, -0.1) is 0 Å². The first-order chi connectivity index (χ1) is 29.1. The van der Waals surface area contributed by atoms with Gasteiger partial charge < -0.3 is 30.7 Å². The topological polar surface area (TPSA) is 179 Å². The highest BCUT2D eigenvalue weighted by Gasteiger charge is 2.71. The van der Waals surface area contributed by atoms with Gasteiger partial charge >= 0.3 is 11.9 Å². The fourth-order valence-corrected chi connectivity index (χ4v) is 15.2. The lowest BCUT2D eigenvalue weighted by Crippen LogP contribution is -2.66. The number of carbonyl (C=O) groups excluding carboxylic acids is 4. The van der Waals surface area contributed by atoms with E-state index in [4.69, 9.17) is 16.3 Å². The molecule has 5 fully saturated rings. The first kappa shape index (κ1) is 47.7. The summed E-state index contributed by atoms with van der Waals surface area (Å²) in [5, 5.41) is 39.0. The largest absolute Gasteiger partial charge is 0.481 e. The van der Waals surface area contributed by atoms with Gasteiger partial charge in [0.25, 0.3) is 5.91 Å². The highest BCUT2D eigenvalue weighted by molar-refractivity contribution is 6.30. The number of aliphatic carboxylic acids is 1. The summed E-state index contributed by atoms with van der Waals surface area (Å²) in [4.78, 5) is 66.9. The standard InChI is InChI=1S/C51H73ClN2O9/c1-27(2)39-34(56)25-51(37(57)26-53-44(62)50(11,28(3)55)54-41(58)29-12-14-30(52)15-13-29)23-22-48(9)31(40(39)51)16-17-36-47(8)20-19-38(46(6,7)35(47)18-21-49(36,48)10)63-43(61)33-24-32(42(59)60)45(33,4)5/h12-15,27-28,31-33,35-38,55,57H,16-26H2,1-11H3,(H,53,62)(H,54,58)(H,59,60)/t28?,31-,32+,33-,35+,36-,37+,38+,47+,48-,49-,50?,51+/m1/s1. The molecule has 2 unspecified atom stereocenters. The molecule has 2 amide bonds. The third kappa shape index (κ3) is 7.13. The molecule has 5 saturated carbocycles. The molecule has 11 nitrogen and oxygen atoms in total. The monoisotopic (exact) mass is 893 g/mol. The van der Waals surface area contributed by atoms with Gasteiger partial charge in [0.2, 0.25) is 5.91 Å². The summed E-state index contributed by atoms with van der Waals surface area (Å²) in [6, 6.07) is 6.23. The van der Waals surface area contributed by atoms with E-state index in [1.165, 1.54) is 26.0 Å². The van der Waals surface area contributed by atoms with Crippen molar-refractivity contribution in [3.8, 4) is 0 Å². The quantitative estimate of drug-likeness (QED) is 0.137. The highest BCUT2D eigenvalue weighted by atomic mass is 35.5. The summed E-state index contributed by atoms with van der Waals surface area (Å²) in [5.74, 6) is -2.50. The number of rotatable bonds is 11. The molecule has 13 atom stereocenters. The molecule has 6 aliphatic rings. The number of allylic oxidation sites excluding steroid dienone is 1. The lowest BCUT2D eigenvalue weighted by molar-refractivity contribution is -0.238. The summed E-state index contributed by atoms with van der Waals surface area (Å²) in [7, 11) is 0. The second-order valence-electron chi connectivity index (χ2n) is 23.2. The number of halogens is 1. The molecule has 348 valence electrons. The molecule has 0 bridgehead atoms. The van der Waals surface area contributed by atoms with Gasteiger partial charge in [-0.3, -0.25) is 24.0 Å². The Balaban J connectivity index is 1.11. The van der Waals surface area contributed by atoms with Crippen LogP contribution < -0.4 is 10.6 Å². The molecule has 0 heterocycles. The zero-order valence-corrected chi connectivity index (χ0v) is 40.2. The summed E-state index contributed by atoms with van der Waals surface area (Å²) in [6.07, 6.45) is 4.83. The number of hydrogen-bond donors (Lipinski definition) is 5. The minimum Gasteiger partial charge on any atom is -0.481 e. The SMILES string of the molecule is CC(C)C1=C2[C@H]3CC[C@@H]4[C@@]5(C)CC[C@H](OC(=O)[C@H]6C[C@@H](C(=O)O)C6(C)C)C(C)(C)[C@@H]5CC[C@@]4(C)[C@]3(C)CC[C@@]2([C@@H](O)CNC(=O)C(C)(NC(=O)c2ccc(Cl)cc2)C(C)O)CC1=O. The number of amides is 2. The molecule has 12 heteroatoms. The van der Waals surface area contributed by atoms with Crippen molar-refractivity contribution < 1.29 is 44.0 Å². The highest BCUT2D eigenvalue weighted by Crippen LogP contribution is 2.77. The third-order valence-corrected chi connectivity index (χ3v) is 19.7. The van der Waals surface area contributed by atoms with Crippen LogP contribution in [0.2, 0.25) is 5.02 Å². The minimum absolute atomic E-state index is 0.0178. The van der Waals surface area contributed by atoms with Crippen molar-refractivity contribution in [2.75, 3.05) is 6.54 Å². The zero-order valence-electron chi connectivity index (χ0n) is 39.5. The number of esters is 1. The Labute approximate surface area is 379 Å². The molecule has 1 aromatic carbocycles. The van der Waals surface area contributed by atoms with E-state index in [1.54, 1.807) is 12.1 Å². The van der Waals surface area contributed by atoms with Gasteiger partial charge in [-0.2, -0.15) is 0 Å². The number of fused-ring (bicyclic) bond motifs is 7. The Morgan fingerprint density at radius 1 is 0.841 bits per heavy atom. The van der Waals surface area contributed by atoms with E-state index in [1.807, 2.05) is 13.8 Å². The zero-order chi connectivity index (χ0) is 46.6.